The van der Waals surface area contributed by atoms with E-state index in [0.717, 1.165) is 5.56 Å². The van der Waals surface area contributed by atoms with Crippen molar-refractivity contribution in [1.29, 1.82) is 0 Å². The van der Waals surface area contributed by atoms with E-state index in [1.54, 1.807) is 0 Å². The van der Waals surface area contributed by atoms with Gasteiger partial charge in [0.05, 0.1) is 0 Å². The van der Waals surface area contributed by atoms with E-state index in [0.29, 0.717) is 0 Å². The molecule has 0 aromatic heterocycles. The van der Waals surface area contributed by atoms with E-state index >= 15 is 0 Å². The largest absolute Gasteiger partial charge is 0.408 e. The number of benzene rings is 1. The zero-order chi connectivity index (χ0) is 8.81. The van der Waals surface area contributed by atoms with Gasteiger partial charge in [-0.25, -0.2) is 0 Å². The fraction of sp³-hybridized carbons (Fsp3) is 0.222. The molecule has 0 unspecified atom stereocenters. The van der Waals surface area contributed by atoms with Crippen molar-refractivity contribution in [3.63, 3.8) is 0 Å². The van der Waals surface area contributed by atoms with Gasteiger partial charge in [0, 0.05) is 18.3 Å². The van der Waals surface area contributed by atoms with E-state index in [1.807, 2.05) is 48.7 Å². The summed E-state index contributed by atoms with van der Waals surface area (Å²) < 4.78 is 5.95. The van der Waals surface area contributed by atoms with Crippen LogP contribution in [0.2, 0.25) is 0 Å². The monoisotopic (exact) mass is 179 g/mol. The second-order valence-electron chi connectivity index (χ2n) is 2.46. The van der Waals surface area contributed by atoms with Gasteiger partial charge in [-0.05, 0) is 12.1 Å². The summed E-state index contributed by atoms with van der Waals surface area (Å²) in [4.78, 5) is 0. The average Bonchev–Trinajstić information content (AvgIpc) is 2.05. The molecule has 1 aromatic carbocycles. The number of rotatable bonds is 1. The van der Waals surface area contributed by atoms with Crippen molar-refractivity contribution in [2.45, 2.75) is 0 Å². The minimum Gasteiger partial charge on any atom is -0.181 e. The molecule has 12 heavy (non-hydrogen) atoms. The van der Waals surface area contributed by atoms with Crippen LogP contribution >= 0.6 is 12.1 Å². The molecule has 0 saturated carbocycles. The number of nitrogens with zero attached hydrogens (tertiary/aromatic N) is 2. The first kappa shape index (κ1) is 9.11. The highest BCUT2D eigenvalue weighted by molar-refractivity contribution is 7.99. The third kappa shape index (κ3) is 3.42. The van der Waals surface area contributed by atoms with Crippen LogP contribution in [0.3, 0.4) is 0 Å². The zero-order valence-corrected chi connectivity index (χ0v) is 8.01. The predicted octanol–water partition coefficient (Wildman–Crippen LogP) is 2.49. The molecule has 2 nitrogen and oxygen atoms in total. The molecule has 0 spiro atoms. The molecule has 1 rings (SSSR count). The Bertz CT molecular complexity index is 284. The molecule has 1 aromatic rings. The zero-order valence-electron chi connectivity index (χ0n) is 7.19. The first-order valence-electron chi connectivity index (χ1n) is 3.64. The smallest absolute Gasteiger partial charge is 0.181 e. The molecular formula is C9H11N2S+. The van der Waals surface area contributed by atoms with E-state index < -0.39 is 0 Å². The molecule has 0 radical (unpaired) electrons. The molecule has 0 atom stereocenters. The molecule has 0 aliphatic carbocycles. The summed E-state index contributed by atoms with van der Waals surface area (Å²) in [6.45, 7) is 0. The molecule has 0 fully saturated rings. The lowest BCUT2D eigenvalue weighted by Crippen LogP contribution is -1.95. The minimum atomic E-state index is 1.01. The lowest BCUT2D eigenvalue weighted by Gasteiger charge is -1.86. The fourth-order valence-corrected chi connectivity index (χ4v) is 0.977. The Labute approximate surface area is 77.3 Å². The van der Waals surface area contributed by atoms with Gasteiger partial charge in [0.15, 0.2) is 0 Å². The van der Waals surface area contributed by atoms with Gasteiger partial charge < -0.3 is 0 Å². The van der Waals surface area contributed by atoms with Crippen LogP contribution in [0.15, 0.2) is 30.3 Å². The van der Waals surface area contributed by atoms with Crippen LogP contribution in [-0.2, 0) is 0 Å². The third-order valence-electron chi connectivity index (χ3n) is 1.15. The maximum atomic E-state index is 4.03. The first-order chi connectivity index (χ1) is 5.79. The van der Waals surface area contributed by atoms with Crippen LogP contribution in [-0.4, -0.2) is 18.4 Å². The third-order valence-corrected chi connectivity index (χ3v) is 1.65. The van der Waals surface area contributed by atoms with Crippen molar-refractivity contribution in [2.75, 3.05) is 14.1 Å². The summed E-state index contributed by atoms with van der Waals surface area (Å²) in [5.74, 6) is 0. The quantitative estimate of drug-likeness (QED) is 0.612. The summed E-state index contributed by atoms with van der Waals surface area (Å²) in [6.07, 6.45) is 0. The number of hydrogen-bond acceptors (Lipinski definition) is 2. The van der Waals surface area contributed by atoms with Crippen molar-refractivity contribution < 1.29 is 0 Å². The first-order valence-corrected chi connectivity index (χ1v) is 4.37. The molecule has 62 valence electrons. The summed E-state index contributed by atoms with van der Waals surface area (Å²) in [5, 5.41) is 0. The van der Waals surface area contributed by atoms with Crippen LogP contribution in [0.1, 0.15) is 5.56 Å². The van der Waals surface area contributed by atoms with Gasteiger partial charge >= 0.3 is 18.2 Å². The summed E-state index contributed by atoms with van der Waals surface area (Å²) >= 11 is 1.37. The van der Waals surface area contributed by atoms with Crippen molar-refractivity contribution >= 4 is 12.1 Å². The van der Waals surface area contributed by atoms with E-state index in [4.69, 9.17) is 0 Å². The van der Waals surface area contributed by atoms with E-state index in [2.05, 4.69) is 10.3 Å². The maximum Gasteiger partial charge on any atom is 0.408 e. The van der Waals surface area contributed by atoms with Gasteiger partial charge in [0.25, 0.3) is 0 Å². The normalized spacial score (nSPS) is 9.25. The Kier molecular flexibility index (Phi) is 3.65. The van der Waals surface area contributed by atoms with Crippen LogP contribution in [0.4, 0.5) is 0 Å². The molecular weight excluding hydrogens is 168 g/mol. The van der Waals surface area contributed by atoms with Crippen molar-refractivity contribution in [3.05, 3.63) is 40.1 Å². The van der Waals surface area contributed by atoms with Crippen LogP contribution < -0.4 is 0 Å². The lowest BCUT2D eigenvalue weighted by atomic mass is 10.2. The van der Waals surface area contributed by atoms with E-state index in [1.165, 1.54) is 12.1 Å². The molecule has 0 saturated heterocycles. The van der Waals surface area contributed by atoms with E-state index in [9.17, 15) is 0 Å². The van der Waals surface area contributed by atoms with Gasteiger partial charge in [0.2, 0.25) is 0 Å². The Balaban J connectivity index is 2.55. The molecule has 0 amide bonds. The molecule has 0 aliphatic rings. The van der Waals surface area contributed by atoms with Crippen LogP contribution in [0.5, 0.6) is 0 Å². The fourth-order valence-electron chi connectivity index (χ4n) is 0.667. The minimum absolute atomic E-state index is 1.01. The predicted molar refractivity (Wildman–Crippen MR) is 54.1 cm³/mol. The van der Waals surface area contributed by atoms with Crippen molar-refractivity contribution in [2.24, 2.45) is 0 Å². The summed E-state index contributed by atoms with van der Waals surface area (Å²) in [7, 11) is 3.89. The highest BCUT2D eigenvalue weighted by atomic mass is 32.2. The van der Waals surface area contributed by atoms with Crippen molar-refractivity contribution in [1.82, 2.24) is 4.31 Å². The standard InChI is InChI=1S/C9H11N2S/c1-11(2)12-10-8-9-6-4-3-5-7-9/h3-7H,1-2H3/q+1. The Hall–Kier alpha value is -0.980. The van der Waals surface area contributed by atoms with Crippen LogP contribution in [0, 0.1) is 6.07 Å². The van der Waals surface area contributed by atoms with Crippen LogP contribution in [0.25, 0.3) is 4.25 Å². The highest BCUT2D eigenvalue weighted by Crippen LogP contribution is 2.05. The van der Waals surface area contributed by atoms with Gasteiger partial charge in [-0.2, -0.15) is 4.31 Å². The second-order valence-corrected chi connectivity index (χ2v) is 3.54. The topological polar surface area (TPSA) is 7.60 Å². The second kappa shape index (κ2) is 4.81. The average molecular weight is 179 g/mol. The Morgan fingerprint density at radius 1 is 1.25 bits per heavy atom. The lowest BCUT2D eigenvalue weighted by molar-refractivity contribution is 0.708. The summed E-state index contributed by atoms with van der Waals surface area (Å²) in [6, 6.07) is 12.8. The Morgan fingerprint density at radius 2 is 1.92 bits per heavy atom. The van der Waals surface area contributed by atoms with Gasteiger partial charge in [-0.15, -0.1) is 0 Å². The molecule has 0 heterocycles. The highest BCUT2D eigenvalue weighted by Gasteiger charge is 1.98. The van der Waals surface area contributed by atoms with Crippen molar-refractivity contribution in [3.8, 4) is 6.07 Å². The Morgan fingerprint density at radius 3 is 2.50 bits per heavy atom. The van der Waals surface area contributed by atoms with Gasteiger partial charge in [0.1, 0.15) is 5.56 Å². The SMILES string of the molecule is CN(C)S[N+]#Cc1ccccc1. The molecule has 0 aliphatic heterocycles. The maximum absolute atomic E-state index is 4.03. The van der Waals surface area contributed by atoms with Gasteiger partial charge in [-0.1, -0.05) is 18.2 Å². The van der Waals surface area contributed by atoms with E-state index in [-0.39, 0.29) is 0 Å². The van der Waals surface area contributed by atoms with Gasteiger partial charge in [-0.3, -0.25) is 0 Å². The summed E-state index contributed by atoms with van der Waals surface area (Å²) in [5.41, 5.74) is 1.01. The number of hydrogen-bond donors (Lipinski definition) is 0. The molecule has 0 N–H and O–H groups in total. The molecule has 3 heteroatoms. The molecule has 0 bridgehead atoms.